The summed E-state index contributed by atoms with van der Waals surface area (Å²) in [6.07, 6.45) is 6.85. The first kappa shape index (κ1) is 30.7. The van der Waals surface area contributed by atoms with Crippen LogP contribution in [0.25, 0.3) is 6.08 Å². The van der Waals surface area contributed by atoms with Crippen LogP contribution in [0.4, 0.5) is 5.82 Å². The molecule has 2 aromatic rings. The van der Waals surface area contributed by atoms with Crippen molar-refractivity contribution in [3.8, 4) is 0 Å². The lowest BCUT2D eigenvalue weighted by atomic mass is 10.2. The van der Waals surface area contributed by atoms with Gasteiger partial charge in [0.15, 0.2) is 16.6 Å². The summed E-state index contributed by atoms with van der Waals surface area (Å²) >= 11 is 0. The maximum Gasteiger partial charge on any atom is 0.296 e. The van der Waals surface area contributed by atoms with Crippen LogP contribution in [-0.2, 0) is 13.6 Å². The van der Waals surface area contributed by atoms with Crippen molar-refractivity contribution >= 4 is 34.4 Å². The van der Waals surface area contributed by atoms with Gasteiger partial charge in [-0.3, -0.25) is 4.79 Å². The lowest BCUT2D eigenvalue weighted by Crippen LogP contribution is -2.63. The molecule has 0 aliphatic carbocycles. The first-order chi connectivity index (χ1) is 18.5. The molecule has 0 bridgehead atoms. The van der Waals surface area contributed by atoms with Crippen molar-refractivity contribution in [1.29, 1.82) is 0 Å². The minimum absolute atomic E-state index is 0.0388. The number of quaternary nitrogens is 1. The van der Waals surface area contributed by atoms with E-state index in [0.29, 0.717) is 24.4 Å². The molecule has 2 aliphatic heterocycles. The monoisotopic (exact) mass is 583 g/mol. The van der Waals surface area contributed by atoms with Crippen molar-refractivity contribution in [2.45, 2.75) is 103 Å². The number of rotatable bonds is 8. The van der Waals surface area contributed by atoms with Gasteiger partial charge in [-0.2, -0.15) is 10.4 Å². The van der Waals surface area contributed by atoms with Crippen LogP contribution in [0, 0.1) is 0 Å². The number of ether oxygens (including phenoxy) is 1. The van der Waals surface area contributed by atoms with Crippen LogP contribution < -0.4 is 10.0 Å². The summed E-state index contributed by atoms with van der Waals surface area (Å²) in [5.74, 6) is 0.476. The molecule has 1 amide bonds. The molecule has 40 heavy (non-hydrogen) atoms. The average molecular weight is 584 g/mol. The molecule has 1 aromatic carbocycles. The van der Waals surface area contributed by atoms with Gasteiger partial charge in [-0.15, -0.1) is 4.59 Å². The number of amides is 1. The number of nitrogens with one attached hydrogen (secondary N) is 1. The predicted octanol–water partition coefficient (Wildman–Crippen LogP) is 6.64. The summed E-state index contributed by atoms with van der Waals surface area (Å²) in [5.41, 5.74) is 4.68. The molecule has 1 N–H and O–H groups in total. The Balaban J connectivity index is 1.70. The molecule has 1 fully saturated rings. The maximum absolute atomic E-state index is 13.6. The van der Waals surface area contributed by atoms with Crippen LogP contribution in [0.2, 0.25) is 36.3 Å². The fraction of sp³-hybridized carbons (Fsp3) is 0.567. The third-order valence-corrected chi connectivity index (χ3v) is 18.2. The molecule has 2 unspecified atom stereocenters. The van der Waals surface area contributed by atoms with Crippen molar-refractivity contribution < 1.29 is 18.4 Å². The zero-order valence-electron chi connectivity index (χ0n) is 25.8. The first-order valence-electron chi connectivity index (χ1n) is 14.2. The summed E-state index contributed by atoms with van der Waals surface area (Å²) in [4.78, 5) is 22.4. The lowest BCUT2D eigenvalue weighted by molar-refractivity contribution is -0.0684. The molecule has 218 valence electrons. The smallest absolute Gasteiger partial charge is 0.296 e. The van der Waals surface area contributed by atoms with Gasteiger partial charge in [0.1, 0.15) is 18.6 Å². The molecule has 1 aromatic heterocycles. The standard InChI is InChI=1S/C30H46N4O4Si2/c1-29(2,3)39(7,8)36-20-25-24(38-40(9,10)30(4,5)6)18-26(37-25)34(17-16-23-19-31-21-32-27(23)34)33-28(35)22-14-12-11-13-15-22/h11-17,19,21,24-26H,18,20H2,1-10H3/p+1/t24?,25-,26-,34?/m1/s1. The highest BCUT2D eigenvalue weighted by atomic mass is 28.4. The minimum Gasteiger partial charge on any atom is -0.414 e. The highest BCUT2D eigenvalue weighted by Crippen LogP contribution is 2.44. The number of carbonyl (C=O) groups is 1. The number of hydrogen-bond donors (Lipinski definition) is 1. The predicted molar refractivity (Wildman–Crippen MR) is 165 cm³/mol. The van der Waals surface area contributed by atoms with E-state index in [4.69, 9.17) is 13.6 Å². The van der Waals surface area contributed by atoms with Crippen LogP contribution in [0.5, 0.6) is 0 Å². The van der Waals surface area contributed by atoms with Crippen molar-refractivity contribution in [2.24, 2.45) is 0 Å². The van der Waals surface area contributed by atoms with Gasteiger partial charge in [-0.25, -0.2) is 4.98 Å². The van der Waals surface area contributed by atoms with E-state index < -0.39 is 22.9 Å². The summed E-state index contributed by atoms with van der Waals surface area (Å²) in [5, 5.41) is 0.114. The van der Waals surface area contributed by atoms with Crippen LogP contribution in [0.3, 0.4) is 0 Å². The third kappa shape index (κ3) is 6.02. The molecule has 8 nitrogen and oxygen atoms in total. The number of nitrogens with zero attached hydrogens (tertiary/aromatic N) is 3. The second-order valence-electron chi connectivity index (χ2n) is 14.1. The van der Waals surface area contributed by atoms with Gasteiger partial charge in [-0.05, 0) is 48.4 Å². The molecule has 0 saturated carbocycles. The minimum atomic E-state index is -2.14. The summed E-state index contributed by atoms with van der Waals surface area (Å²) in [7, 11) is -4.17. The van der Waals surface area contributed by atoms with Gasteiger partial charge >= 0.3 is 0 Å². The Bertz CT molecular complexity index is 1240. The molecule has 3 heterocycles. The molecule has 4 atom stereocenters. The Labute approximate surface area is 242 Å². The van der Waals surface area contributed by atoms with Crippen LogP contribution in [0.1, 0.15) is 63.9 Å². The van der Waals surface area contributed by atoms with Crippen molar-refractivity contribution in [3.05, 3.63) is 60.2 Å². The van der Waals surface area contributed by atoms with E-state index in [0.717, 1.165) is 5.56 Å². The van der Waals surface area contributed by atoms with E-state index >= 15 is 0 Å². The zero-order valence-corrected chi connectivity index (χ0v) is 27.8. The van der Waals surface area contributed by atoms with Crippen LogP contribution >= 0.6 is 0 Å². The molecule has 2 aliphatic rings. The second-order valence-corrected chi connectivity index (χ2v) is 23.6. The molecule has 0 radical (unpaired) electrons. The largest absolute Gasteiger partial charge is 0.414 e. The van der Waals surface area contributed by atoms with Crippen molar-refractivity contribution in [1.82, 2.24) is 20.0 Å². The van der Waals surface area contributed by atoms with Gasteiger partial charge < -0.3 is 13.6 Å². The van der Waals surface area contributed by atoms with E-state index in [9.17, 15) is 4.79 Å². The van der Waals surface area contributed by atoms with Crippen LogP contribution in [0.15, 0.2) is 49.1 Å². The highest BCUT2D eigenvalue weighted by molar-refractivity contribution is 6.74. The molecular weight excluding hydrogens is 537 g/mol. The van der Waals surface area contributed by atoms with E-state index in [1.54, 1.807) is 18.3 Å². The Morgan fingerprint density at radius 2 is 1.70 bits per heavy atom. The number of aromatic nitrogens is 2. The zero-order chi connectivity index (χ0) is 29.6. The Kier molecular flexibility index (Phi) is 8.36. The summed E-state index contributed by atoms with van der Waals surface area (Å²) < 4.78 is 20.5. The highest BCUT2D eigenvalue weighted by Gasteiger charge is 2.55. The fourth-order valence-corrected chi connectivity index (χ4v) is 6.91. The first-order valence-corrected chi connectivity index (χ1v) is 20.0. The van der Waals surface area contributed by atoms with Gasteiger partial charge in [0.25, 0.3) is 11.7 Å². The van der Waals surface area contributed by atoms with Crippen molar-refractivity contribution in [2.75, 3.05) is 6.61 Å². The Morgan fingerprint density at radius 3 is 2.33 bits per heavy atom. The van der Waals surface area contributed by atoms with E-state index in [1.807, 2.05) is 30.5 Å². The molecular formula is C30H47N4O4Si2+. The second kappa shape index (κ2) is 10.9. The maximum atomic E-state index is 13.6. The lowest BCUT2D eigenvalue weighted by Gasteiger charge is -2.40. The van der Waals surface area contributed by atoms with Gasteiger partial charge in [0.05, 0.1) is 24.7 Å². The number of carbonyl (C=O) groups excluding carboxylic acids is 1. The topological polar surface area (TPSA) is 82.6 Å². The summed E-state index contributed by atoms with van der Waals surface area (Å²) in [6.45, 7) is 23.0. The van der Waals surface area contributed by atoms with E-state index in [2.05, 4.69) is 83.1 Å². The van der Waals surface area contributed by atoms with Crippen molar-refractivity contribution in [3.63, 3.8) is 0 Å². The Hall–Kier alpha value is -2.22. The quantitative estimate of drug-likeness (QED) is 0.277. The molecule has 10 heteroatoms. The number of benzene rings is 1. The third-order valence-electron chi connectivity index (χ3n) is 9.18. The normalized spacial score (nSPS) is 25.2. The number of fused-ring (bicyclic) bond motifs is 1. The SMILES string of the molecule is CC(C)(C)[Si](C)(C)OC[C@H]1O[C@@H]([N+]2(NC(=O)c3ccccc3)C=Cc3cncnc32)CC1O[Si](C)(C)C(C)(C)C. The van der Waals surface area contributed by atoms with Gasteiger partial charge in [-0.1, -0.05) is 59.7 Å². The van der Waals surface area contributed by atoms with Crippen LogP contribution in [-0.4, -0.2) is 57.6 Å². The summed E-state index contributed by atoms with van der Waals surface area (Å²) in [6, 6.07) is 9.23. The molecule has 1 saturated heterocycles. The van der Waals surface area contributed by atoms with E-state index in [1.165, 1.54) is 6.33 Å². The Morgan fingerprint density at radius 1 is 1.05 bits per heavy atom. The van der Waals surface area contributed by atoms with E-state index in [-0.39, 0.29) is 32.8 Å². The van der Waals surface area contributed by atoms with Gasteiger partial charge in [0, 0.05) is 17.8 Å². The van der Waals surface area contributed by atoms with Gasteiger partial charge in [0.2, 0.25) is 6.23 Å². The average Bonchev–Trinajstić information content (AvgIpc) is 3.44. The molecule has 0 spiro atoms. The number of hydrogen-bond acceptors (Lipinski definition) is 6. The fourth-order valence-electron chi connectivity index (χ4n) is 4.54. The molecule has 4 rings (SSSR count).